The zero-order valence-electron chi connectivity index (χ0n) is 14.6. The largest absolute Gasteiger partial charge is 0.349 e. The lowest BCUT2D eigenvalue weighted by molar-refractivity contribution is -0.124. The third-order valence-corrected chi connectivity index (χ3v) is 4.12. The summed E-state index contributed by atoms with van der Waals surface area (Å²) >= 11 is 11.8. The maximum atomic E-state index is 12.0. The molecule has 2 rings (SSSR count). The molecule has 142 valence electrons. The van der Waals surface area contributed by atoms with Crippen LogP contribution in [0.3, 0.4) is 0 Å². The number of carbonyl (C=O) groups excluding carboxylic acids is 3. The van der Waals surface area contributed by atoms with Crippen molar-refractivity contribution in [2.24, 2.45) is 0 Å². The number of hydrogen-bond acceptors (Lipinski definition) is 3. The molecule has 3 amide bonds. The van der Waals surface area contributed by atoms with Gasteiger partial charge in [0.2, 0.25) is 11.8 Å². The Morgan fingerprint density at radius 1 is 1.00 bits per heavy atom. The third-order valence-electron chi connectivity index (χ3n) is 3.55. The van der Waals surface area contributed by atoms with Crippen LogP contribution in [0, 0.1) is 0 Å². The summed E-state index contributed by atoms with van der Waals surface area (Å²) in [4.78, 5) is 35.9. The van der Waals surface area contributed by atoms with Crippen LogP contribution in [0.2, 0.25) is 10.0 Å². The maximum Gasteiger partial charge on any atom is 0.251 e. The lowest BCUT2D eigenvalue weighted by Gasteiger charge is -2.14. The molecule has 1 atom stereocenters. The molecule has 6 nitrogen and oxygen atoms in total. The van der Waals surface area contributed by atoms with Crippen LogP contribution in [-0.4, -0.2) is 30.3 Å². The van der Waals surface area contributed by atoms with Crippen molar-refractivity contribution in [3.63, 3.8) is 0 Å². The predicted molar refractivity (Wildman–Crippen MR) is 106 cm³/mol. The van der Waals surface area contributed by atoms with E-state index in [4.69, 9.17) is 23.2 Å². The molecular formula is C19H19Cl2N3O3. The van der Waals surface area contributed by atoms with Crippen LogP contribution in [0.5, 0.6) is 0 Å². The molecule has 0 aromatic heterocycles. The van der Waals surface area contributed by atoms with Crippen molar-refractivity contribution < 1.29 is 14.4 Å². The average Bonchev–Trinajstić information content (AvgIpc) is 2.63. The number of anilines is 1. The van der Waals surface area contributed by atoms with Crippen molar-refractivity contribution in [2.75, 3.05) is 11.9 Å². The van der Waals surface area contributed by atoms with Gasteiger partial charge in [-0.15, -0.1) is 0 Å². The molecule has 8 heteroatoms. The second-order valence-electron chi connectivity index (χ2n) is 5.89. The molecule has 3 N–H and O–H groups in total. The van der Waals surface area contributed by atoms with E-state index in [-0.39, 0.29) is 30.8 Å². The Balaban J connectivity index is 1.75. The van der Waals surface area contributed by atoms with E-state index in [1.807, 2.05) is 6.07 Å². The van der Waals surface area contributed by atoms with Crippen molar-refractivity contribution in [3.05, 3.63) is 64.1 Å². The normalized spacial score (nSPS) is 11.4. The molecular weight excluding hydrogens is 389 g/mol. The van der Waals surface area contributed by atoms with Gasteiger partial charge in [-0.05, 0) is 37.3 Å². The number of hydrogen-bond donors (Lipinski definition) is 3. The zero-order valence-corrected chi connectivity index (χ0v) is 16.1. The van der Waals surface area contributed by atoms with E-state index in [1.54, 1.807) is 43.3 Å². The van der Waals surface area contributed by atoms with Gasteiger partial charge in [0.05, 0.1) is 17.3 Å². The smallest absolute Gasteiger partial charge is 0.251 e. The molecule has 0 aliphatic heterocycles. The molecule has 2 aromatic rings. The Labute approximate surface area is 167 Å². The molecule has 27 heavy (non-hydrogen) atoms. The summed E-state index contributed by atoms with van der Waals surface area (Å²) in [6, 6.07) is 13.0. The molecule has 0 heterocycles. The number of halogens is 2. The molecule has 0 radical (unpaired) electrons. The first-order valence-corrected chi connectivity index (χ1v) is 8.98. The second-order valence-corrected chi connectivity index (χ2v) is 6.74. The van der Waals surface area contributed by atoms with Gasteiger partial charge in [0.25, 0.3) is 5.91 Å². The van der Waals surface area contributed by atoms with Gasteiger partial charge >= 0.3 is 0 Å². The first-order chi connectivity index (χ1) is 12.8. The molecule has 0 aliphatic carbocycles. The number of benzene rings is 2. The molecule has 0 bridgehead atoms. The van der Waals surface area contributed by atoms with Gasteiger partial charge in [0.15, 0.2) is 0 Å². The van der Waals surface area contributed by atoms with Crippen LogP contribution in [0.25, 0.3) is 0 Å². The van der Waals surface area contributed by atoms with Gasteiger partial charge in [-0.3, -0.25) is 14.4 Å². The highest BCUT2D eigenvalue weighted by Gasteiger charge is 2.14. The van der Waals surface area contributed by atoms with Crippen molar-refractivity contribution in [1.29, 1.82) is 0 Å². The maximum absolute atomic E-state index is 12.0. The summed E-state index contributed by atoms with van der Waals surface area (Å²) in [5.41, 5.74) is 0.884. The van der Waals surface area contributed by atoms with E-state index in [0.29, 0.717) is 21.3 Å². The van der Waals surface area contributed by atoms with Crippen LogP contribution in [0.4, 0.5) is 5.69 Å². The Morgan fingerprint density at radius 3 is 2.41 bits per heavy atom. The van der Waals surface area contributed by atoms with E-state index >= 15 is 0 Å². The van der Waals surface area contributed by atoms with Gasteiger partial charge in [-0.1, -0.05) is 41.4 Å². The first-order valence-electron chi connectivity index (χ1n) is 8.22. The van der Waals surface area contributed by atoms with Crippen LogP contribution < -0.4 is 16.0 Å². The average molecular weight is 408 g/mol. The minimum Gasteiger partial charge on any atom is -0.349 e. The van der Waals surface area contributed by atoms with Gasteiger partial charge in [-0.2, -0.15) is 0 Å². The number of amides is 3. The van der Waals surface area contributed by atoms with Crippen molar-refractivity contribution >= 4 is 46.6 Å². The molecule has 0 saturated carbocycles. The van der Waals surface area contributed by atoms with Gasteiger partial charge < -0.3 is 16.0 Å². The molecule has 0 unspecified atom stereocenters. The fourth-order valence-electron chi connectivity index (χ4n) is 2.26. The standard InChI is InChI=1S/C19H19Cl2N3O3/c1-12(23-19(27)13-5-3-2-4-6-13)9-17(25)22-11-18(26)24-16-10-14(20)7-8-15(16)21/h2-8,10,12H,9,11H2,1H3,(H,22,25)(H,23,27)(H,24,26)/t12-/m0/s1. The van der Waals surface area contributed by atoms with Crippen molar-refractivity contribution in [1.82, 2.24) is 10.6 Å². The third kappa shape index (κ3) is 6.92. The summed E-state index contributed by atoms with van der Waals surface area (Å²) in [7, 11) is 0. The highest BCUT2D eigenvalue weighted by molar-refractivity contribution is 6.35. The number of carbonyl (C=O) groups is 3. The van der Waals surface area contributed by atoms with E-state index < -0.39 is 5.91 Å². The van der Waals surface area contributed by atoms with Gasteiger partial charge in [0.1, 0.15) is 0 Å². The minimum absolute atomic E-state index is 0.0454. The number of rotatable bonds is 7. The van der Waals surface area contributed by atoms with E-state index in [0.717, 1.165) is 0 Å². The monoisotopic (exact) mass is 407 g/mol. The Hall–Kier alpha value is -2.57. The summed E-state index contributed by atoms with van der Waals surface area (Å²) in [5, 5.41) is 8.59. The highest BCUT2D eigenvalue weighted by atomic mass is 35.5. The Bertz CT molecular complexity index is 828. The quantitative estimate of drug-likeness (QED) is 0.657. The van der Waals surface area contributed by atoms with E-state index in [1.165, 1.54) is 6.07 Å². The van der Waals surface area contributed by atoms with Gasteiger partial charge in [0, 0.05) is 23.0 Å². The van der Waals surface area contributed by atoms with Crippen LogP contribution in [-0.2, 0) is 9.59 Å². The summed E-state index contributed by atoms with van der Waals surface area (Å²) in [6.07, 6.45) is 0.0454. The van der Waals surface area contributed by atoms with Crippen LogP contribution in [0.1, 0.15) is 23.7 Å². The summed E-state index contributed by atoms with van der Waals surface area (Å²) < 4.78 is 0. The van der Waals surface area contributed by atoms with Gasteiger partial charge in [-0.25, -0.2) is 0 Å². The molecule has 0 aliphatic rings. The van der Waals surface area contributed by atoms with Crippen LogP contribution in [0.15, 0.2) is 48.5 Å². The zero-order chi connectivity index (χ0) is 19.8. The topological polar surface area (TPSA) is 87.3 Å². The number of nitrogens with one attached hydrogen (secondary N) is 3. The molecule has 0 fully saturated rings. The van der Waals surface area contributed by atoms with E-state index in [2.05, 4.69) is 16.0 Å². The lowest BCUT2D eigenvalue weighted by atomic mass is 10.1. The molecule has 0 saturated heterocycles. The van der Waals surface area contributed by atoms with Crippen LogP contribution >= 0.6 is 23.2 Å². The lowest BCUT2D eigenvalue weighted by Crippen LogP contribution is -2.39. The minimum atomic E-state index is -0.437. The summed E-state index contributed by atoms with van der Waals surface area (Å²) in [5.74, 6) is -1.05. The Morgan fingerprint density at radius 2 is 1.70 bits per heavy atom. The van der Waals surface area contributed by atoms with E-state index in [9.17, 15) is 14.4 Å². The predicted octanol–water partition coefficient (Wildman–Crippen LogP) is 3.26. The SMILES string of the molecule is C[C@@H](CC(=O)NCC(=O)Nc1cc(Cl)ccc1Cl)NC(=O)c1ccccc1. The Kier molecular flexibility index (Phi) is 7.64. The van der Waals surface area contributed by atoms with Crippen molar-refractivity contribution in [2.45, 2.75) is 19.4 Å². The molecule has 0 spiro atoms. The fourth-order valence-corrected chi connectivity index (χ4v) is 2.60. The first kappa shape index (κ1) is 20.7. The highest BCUT2D eigenvalue weighted by Crippen LogP contribution is 2.25. The van der Waals surface area contributed by atoms with Crippen molar-refractivity contribution in [3.8, 4) is 0 Å². The second kappa shape index (κ2) is 9.94. The summed E-state index contributed by atoms with van der Waals surface area (Å²) in [6.45, 7) is 1.49. The molecule has 2 aromatic carbocycles. The fraction of sp³-hybridized carbons (Fsp3) is 0.211.